The van der Waals surface area contributed by atoms with E-state index in [1.165, 1.54) is 12.8 Å². The molecule has 0 radical (unpaired) electrons. The number of likely N-dealkylation sites (N-methyl/N-ethyl adjacent to an activating group) is 1. The fourth-order valence-electron chi connectivity index (χ4n) is 4.22. The van der Waals surface area contributed by atoms with Gasteiger partial charge < -0.3 is 15.5 Å². The van der Waals surface area contributed by atoms with Crippen molar-refractivity contribution < 1.29 is 4.79 Å². The molecule has 6 nitrogen and oxygen atoms in total. The zero-order valence-corrected chi connectivity index (χ0v) is 18.7. The molecule has 4 rings (SSSR count). The molecule has 0 aliphatic carbocycles. The first-order valence-electron chi connectivity index (χ1n) is 10.4. The zero-order valence-electron chi connectivity index (χ0n) is 17.2. The Labute approximate surface area is 187 Å². The minimum atomic E-state index is 0.0141. The highest BCUT2D eigenvalue weighted by molar-refractivity contribution is 6.36. The summed E-state index contributed by atoms with van der Waals surface area (Å²) >= 11 is 12.6. The summed E-state index contributed by atoms with van der Waals surface area (Å²) in [5, 5.41) is 1.04. The molecular formula is C22H27Cl2N5O. The van der Waals surface area contributed by atoms with Gasteiger partial charge in [0.15, 0.2) is 0 Å². The third-order valence-electron chi connectivity index (χ3n) is 5.94. The Kier molecular flexibility index (Phi) is 6.48. The van der Waals surface area contributed by atoms with Crippen LogP contribution in [0.15, 0.2) is 24.4 Å². The van der Waals surface area contributed by atoms with Crippen LogP contribution in [-0.2, 0) is 11.2 Å². The van der Waals surface area contributed by atoms with Crippen LogP contribution in [0.4, 0.5) is 11.4 Å². The number of halogens is 2. The van der Waals surface area contributed by atoms with Crippen molar-refractivity contribution in [3.05, 3.63) is 40.0 Å². The number of nitrogen functional groups attached to an aromatic ring is 1. The van der Waals surface area contributed by atoms with Crippen molar-refractivity contribution in [2.24, 2.45) is 0 Å². The van der Waals surface area contributed by atoms with Crippen LogP contribution >= 0.6 is 23.2 Å². The van der Waals surface area contributed by atoms with Gasteiger partial charge in [-0.15, -0.1) is 0 Å². The van der Waals surface area contributed by atoms with Crippen LogP contribution in [0.5, 0.6) is 0 Å². The topological polar surface area (TPSA) is 65.7 Å². The number of carbonyl (C=O) groups excluding carboxylic acids is 1. The monoisotopic (exact) mass is 447 g/mol. The number of rotatable bonds is 5. The molecule has 160 valence electrons. The normalized spacial score (nSPS) is 18.4. The van der Waals surface area contributed by atoms with E-state index < -0.39 is 0 Å². The molecule has 2 aliphatic heterocycles. The molecule has 0 spiro atoms. The lowest BCUT2D eigenvalue weighted by molar-refractivity contribution is -0.120. The van der Waals surface area contributed by atoms with Crippen LogP contribution in [-0.4, -0.2) is 67.0 Å². The molecule has 1 amide bonds. The molecule has 0 bridgehead atoms. The van der Waals surface area contributed by atoms with Gasteiger partial charge in [0.2, 0.25) is 5.91 Å². The van der Waals surface area contributed by atoms with E-state index in [-0.39, 0.29) is 5.91 Å². The summed E-state index contributed by atoms with van der Waals surface area (Å²) in [7, 11) is 1.94. The number of aromatic nitrogens is 1. The molecular weight excluding hydrogens is 421 g/mol. The second-order valence-corrected chi connectivity index (χ2v) is 8.94. The highest BCUT2D eigenvalue weighted by atomic mass is 35.5. The van der Waals surface area contributed by atoms with Gasteiger partial charge in [0, 0.05) is 36.4 Å². The summed E-state index contributed by atoms with van der Waals surface area (Å²) in [5.41, 5.74) is 10.3. The molecule has 2 N–H and O–H groups in total. The molecule has 1 aromatic heterocycles. The summed E-state index contributed by atoms with van der Waals surface area (Å²) in [6.45, 7) is 4.91. The number of benzene rings is 1. The molecule has 2 fully saturated rings. The lowest BCUT2D eigenvalue weighted by atomic mass is 10.0. The molecule has 0 atom stereocenters. The highest BCUT2D eigenvalue weighted by Gasteiger charge is 2.29. The number of nitrogens with two attached hydrogens (primary N) is 1. The van der Waals surface area contributed by atoms with Crippen LogP contribution < -0.4 is 10.6 Å². The van der Waals surface area contributed by atoms with E-state index in [1.807, 2.05) is 24.2 Å². The molecule has 2 aromatic rings. The van der Waals surface area contributed by atoms with Gasteiger partial charge in [-0.1, -0.05) is 23.2 Å². The van der Waals surface area contributed by atoms with Gasteiger partial charge in [-0.05, 0) is 63.2 Å². The van der Waals surface area contributed by atoms with Crippen molar-refractivity contribution >= 4 is 40.5 Å². The van der Waals surface area contributed by atoms with Crippen molar-refractivity contribution in [3.8, 4) is 11.3 Å². The molecule has 1 aromatic carbocycles. The second-order valence-electron chi connectivity index (χ2n) is 8.10. The standard InChI is InChI=1S/C22H27Cl2N5O/c1-27-10-11-29(19(30)14-27)22-20(25)15(6-9-28-7-2-3-8-28)13-26-21(22)17-5-4-16(23)12-18(17)24/h4-5,12-13H,2-3,6-11,14H2,1H3,(H2,25,26). The Morgan fingerprint density at radius 1 is 1.13 bits per heavy atom. The summed E-state index contributed by atoms with van der Waals surface area (Å²) in [6.07, 6.45) is 5.14. The SMILES string of the molecule is CN1CCN(c2c(-c3ccc(Cl)cc3Cl)ncc(CCN3CCCC3)c2N)C(=O)C1. The van der Waals surface area contributed by atoms with E-state index in [4.69, 9.17) is 33.9 Å². The number of carbonyl (C=O) groups is 1. The van der Waals surface area contributed by atoms with Crippen molar-refractivity contribution in [2.45, 2.75) is 19.3 Å². The van der Waals surface area contributed by atoms with Gasteiger partial charge in [0.05, 0.1) is 28.6 Å². The van der Waals surface area contributed by atoms with E-state index in [0.29, 0.717) is 40.2 Å². The number of hydrogen-bond donors (Lipinski definition) is 1. The van der Waals surface area contributed by atoms with E-state index >= 15 is 0 Å². The molecule has 0 unspecified atom stereocenters. The first-order chi connectivity index (χ1) is 14.4. The number of piperazine rings is 1. The molecule has 30 heavy (non-hydrogen) atoms. The maximum Gasteiger partial charge on any atom is 0.241 e. The Balaban J connectivity index is 1.75. The Morgan fingerprint density at radius 2 is 1.90 bits per heavy atom. The quantitative estimate of drug-likeness (QED) is 0.758. The van der Waals surface area contributed by atoms with E-state index in [0.717, 1.165) is 43.7 Å². The van der Waals surface area contributed by atoms with Gasteiger partial charge in [0.1, 0.15) is 0 Å². The number of hydrogen-bond acceptors (Lipinski definition) is 5. The van der Waals surface area contributed by atoms with Crippen LogP contribution in [0, 0.1) is 0 Å². The van der Waals surface area contributed by atoms with Crippen molar-refractivity contribution in [1.82, 2.24) is 14.8 Å². The van der Waals surface area contributed by atoms with Crippen LogP contribution in [0.3, 0.4) is 0 Å². The molecule has 2 saturated heterocycles. The van der Waals surface area contributed by atoms with Gasteiger partial charge in [-0.3, -0.25) is 14.7 Å². The molecule has 8 heteroatoms. The molecule has 3 heterocycles. The number of nitrogens with zero attached hydrogens (tertiary/aromatic N) is 4. The number of likely N-dealkylation sites (tertiary alicyclic amines) is 1. The minimum Gasteiger partial charge on any atom is -0.397 e. The number of amides is 1. The van der Waals surface area contributed by atoms with Crippen LogP contribution in [0.1, 0.15) is 18.4 Å². The first-order valence-corrected chi connectivity index (χ1v) is 11.1. The van der Waals surface area contributed by atoms with Crippen molar-refractivity contribution in [1.29, 1.82) is 0 Å². The van der Waals surface area contributed by atoms with Gasteiger partial charge in [0.25, 0.3) is 0 Å². The maximum atomic E-state index is 12.9. The zero-order chi connectivity index (χ0) is 21.3. The Bertz CT molecular complexity index is 945. The summed E-state index contributed by atoms with van der Waals surface area (Å²) in [5.74, 6) is 0.0141. The molecule has 2 aliphatic rings. The highest BCUT2D eigenvalue weighted by Crippen LogP contribution is 2.40. The predicted octanol–water partition coefficient (Wildman–Crippen LogP) is 3.55. The third-order valence-corrected chi connectivity index (χ3v) is 6.49. The van der Waals surface area contributed by atoms with Crippen molar-refractivity contribution in [3.63, 3.8) is 0 Å². The van der Waals surface area contributed by atoms with Gasteiger partial charge in [-0.25, -0.2) is 0 Å². The van der Waals surface area contributed by atoms with E-state index in [9.17, 15) is 4.79 Å². The van der Waals surface area contributed by atoms with Gasteiger partial charge in [-0.2, -0.15) is 0 Å². The third kappa shape index (κ3) is 4.42. The second kappa shape index (κ2) is 9.10. The molecule has 0 saturated carbocycles. The average molecular weight is 448 g/mol. The largest absolute Gasteiger partial charge is 0.397 e. The summed E-state index contributed by atoms with van der Waals surface area (Å²) in [4.78, 5) is 23.9. The fourth-order valence-corrected chi connectivity index (χ4v) is 4.71. The lowest BCUT2D eigenvalue weighted by Gasteiger charge is -2.34. The van der Waals surface area contributed by atoms with Crippen molar-refractivity contribution in [2.75, 3.05) is 56.9 Å². The number of anilines is 2. The summed E-state index contributed by atoms with van der Waals surface area (Å²) < 4.78 is 0. The Morgan fingerprint density at radius 3 is 2.60 bits per heavy atom. The maximum absolute atomic E-state index is 12.9. The predicted molar refractivity (Wildman–Crippen MR) is 123 cm³/mol. The summed E-state index contributed by atoms with van der Waals surface area (Å²) in [6, 6.07) is 5.30. The van der Waals surface area contributed by atoms with Crippen LogP contribution in [0.2, 0.25) is 10.0 Å². The van der Waals surface area contributed by atoms with E-state index in [2.05, 4.69) is 4.90 Å². The number of pyridine rings is 1. The van der Waals surface area contributed by atoms with E-state index in [1.54, 1.807) is 17.0 Å². The lowest BCUT2D eigenvalue weighted by Crippen LogP contribution is -2.49. The average Bonchev–Trinajstić information content (AvgIpc) is 3.21. The first kappa shape index (κ1) is 21.4. The van der Waals surface area contributed by atoms with Gasteiger partial charge >= 0.3 is 0 Å². The fraction of sp³-hybridized carbons (Fsp3) is 0.455. The smallest absolute Gasteiger partial charge is 0.241 e. The minimum absolute atomic E-state index is 0.0141. The van der Waals surface area contributed by atoms with Crippen LogP contribution in [0.25, 0.3) is 11.3 Å². The Hall–Kier alpha value is -1.86.